The number of aliphatic imine (C=N–C) groups is 1. The van der Waals surface area contributed by atoms with Gasteiger partial charge in [-0.3, -0.25) is 4.99 Å². The van der Waals surface area contributed by atoms with E-state index in [1.807, 2.05) is 7.05 Å². The van der Waals surface area contributed by atoms with Crippen LogP contribution in [0.4, 0.5) is 4.39 Å². The number of hydrogen-bond acceptors (Lipinski definition) is 3. The average Bonchev–Trinajstić information content (AvgIpc) is 3.27. The molecular formula is C20H26FIN4O. The SMILES string of the molecule is CN=C(NCCc1coc(-c2ccc(F)cc2)n1)N1CCC2(CCC2)C1.I. The van der Waals surface area contributed by atoms with E-state index in [-0.39, 0.29) is 29.8 Å². The minimum atomic E-state index is -0.262. The molecule has 2 fully saturated rings. The minimum Gasteiger partial charge on any atom is -0.444 e. The Labute approximate surface area is 176 Å². The zero-order valence-corrected chi connectivity index (χ0v) is 17.9. The lowest BCUT2D eigenvalue weighted by Gasteiger charge is -2.38. The molecule has 1 aliphatic carbocycles. The Morgan fingerprint density at radius 1 is 1.30 bits per heavy atom. The normalized spacial score (nSPS) is 18.3. The molecule has 1 aromatic heterocycles. The van der Waals surface area contributed by atoms with Crippen molar-refractivity contribution in [1.82, 2.24) is 15.2 Å². The van der Waals surface area contributed by atoms with Gasteiger partial charge in [0, 0.05) is 38.7 Å². The van der Waals surface area contributed by atoms with Crippen molar-refractivity contribution in [2.45, 2.75) is 32.1 Å². The monoisotopic (exact) mass is 484 g/mol. The number of benzene rings is 1. The molecule has 0 radical (unpaired) electrons. The van der Waals surface area contributed by atoms with Crippen LogP contribution in [-0.2, 0) is 6.42 Å². The fourth-order valence-electron chi connectivity index (χ4n) is 3.98. The van der Waals surface area contributed by atoms with Crippen molar-refractivity contribution in [3.63, 3.8) is 0 Å². The van der Waals surface area contributed by atoms with Gasteiger partial charge in [0.25, 0.3) is 0 Å². The van der Waals surface area contributed by atoms with Crippen molar-refractivity contribution in [1.29, 1.82) is 0 Å². The first kappa shape index (κ1) is 20.1. The lowest BCUT2D eigenvalue weighted by Crippen LogP contribution is -2.43. The second-order valence-corrected chi connectivity index (χ2v) is 7.40. The summed E-state index contributed by atoms with van der Waals surface area (Å²) in [5.74, 6) is 1.24. The smallest absolute Gasteiger partial charge is 0.226 e. The molecule has 1 saturated heterocycles. The summed E-state index contributed by atoms with van der Waals surface area (Å²) >= 11 is 0. The van der Waals surface area contributed by atoms with Gasteiger partial charge < -0.3 is 14.6 Å². The number of aromatic nitrogens is 1. The van der Waals surface area contributed by atoms with Crippen molar-refractivity contribution in [2.75, 3.05) is 26.7 Å². The minimum absolute atomic E-state index is 0. The molecular weight excluding hydrogens is 458 g/mol. The van der Waals surface area contributed by atoms with Crippen molar-refractivity contribution in [3.05, 3.63) is 42.0 Å². The highest BCUT2D eigenvalue weighted by atomic mass is 127. The summed E-state index contributed by atoms with van der Waals surface area (Å²) in [6, 6.07) is 6.18. The molecule has 1 saturated carbocycles. The van der Waals surface area contributed by atoms with Gasteiger partial charge in [-0.15, -0.1) is 24.0 Å². The van der Waals surface area contributed by atoms with Gasteiger partial charge in [-0.2, -0.15) is 0 Å². The largest absolute Gasteiger partial charge is 0.444 e. The third kappa shape index (κ3) is 4.44. The molecule has 2 aliphatic rings. The van der Waals surface area contributed by atoms with Gasteiger partial charge in [-0.05, 0) is 48.9 Å². The number of halogens is 2. The van der Waals surface area contributed by atoms with Gasteiger partial charge >= 0.3 is 0 Å². The van der Waals surface area contributed by atoms with Crippen LogP contribution in [0.25, 0.3) is 11.5 Å². The van der Waals surface area contributed by atoms with E-state index in [1.165, 1.54) is 37.8 Å². The molecule has 1 aliphatic heterocycles. The third-order valence-corrected chi connectivity index (χ3v) is 5.67. The second-order valence-electron chi connectivity index (χ2n) is 7.40. The van der Waals surface area contributed by atoms with Crippen molar-refractivity contribution >= 4 is 29.9 Å². The van der Waals surface area contributed by atoms with E-state index in [1.54, 1.807) is 18.4 Å². The van der Waals surface area contributed by atoms with Crippen LogP contribution in [0, 0.1) is 11.2 Å². The number of guanidine groups is 1. The Hall–Kier alpha value is -1.64. The molecule has 27 heavy (non-hydrogen) atoms. The molecule has 0 bridgehead atoms. The predicted octanol–water partition coefficient (Wildman–Crippen LogP) is 4.09. The standard InChI is InChI=1S/C20H25FN4O.HI/c1-22-19(25-12-10-20(14-25)8-2-9-20)23-11-7-17-13-26-18(24-17)15-3-5-16(21)6-4-15;/h3-6,13H,2,7-12,14H2,1H3,(H,22,23);1H. The van der Waals surface area contributed by atoms with Crippen molar-refractivity contribution in [2.24, 2.45) is 10.4 Å². The molecule has 1 N–H and O–H groups in total. The van der Waals surface area contributed by atoms with E-state index in [0.29, 0.717) is 11.3 Å². The lowest BCUT2D eigenvalue weighted by molar-refractivity contribution is 0.151. The first-order valence-corrected chi connectivity index (χ1v) is 9.33. The number of rotatable bonds is 4. The van der Waals surface area contributed by atoms with E-state index < -0.39 is 0 Å². The maximum Gasteiger partial charge on any atom is 0.226 e. The molecule has 1 aromatic carbocycles. The fourth-order valence-corrected chi connectivity index (χ4v) is 3.98. The van der Waals surface area contributed by atoms with Crippen LogP contribution in [0.2, 0.25) is 0 Å². The molecule has 1 spiro atoms. The second kappa shape index (κ2) is 8.58. The zero-order valence-electron chi connectivity index (χ0n) is 15.6. The number of hydrogen-bond donors (Lipinski definition) is 1. The van der Waals surface area contributed by atoms with Gasteiger partial charge in [0.15, 0.2) is 5.96 Å². The molecule has 146 valence electrons. The molecule has 0 unspecified atom stereocenters. The van der Waals surface area contributed by atoms with Crippen LogP contribution in [0.15, 0.2) is 39.9 Å². The van der Waals surface area contributed by atoms with Gasteiger partial charge in [-0.1, -0.05) is 6.42 Å². The Morgan fingerprint density at radius 3 is 2.70 bits per heavy atom. The highest BCUT2D eigenvalue weighted by Crippen LogP contribution is 2.47. The third-order valence-electron chi connectivity index (χ3n) is 5.67. The maximum atomic E-state index is 13.0. The highest BCUT2D eigenvalue weighted by molar-refractivity contribution is 14.0. The Kier molecular flexibility index (Phi) is 6.39. The summed E-state index contributed by atoms with van der Waals surface area (Å²) in [7, 11) is 1.84. The van der Waals surface area contributed by atoms with Crippen LogP contribution in [0.3, 0.4) is 0 Å². The van der Waals surface area contributed by atoms with E-state index in [4.69, 9.17) is 4.42 Å². The van der Waals surface area contributed by atoms with E-state index in [9.17, 15) is 4.39 Å². The van der Waals surface area contributed by atoms with Crippen LogP contribution >= 0.6 is 24.0 Å². The van der Waals surface area contributed by atoms with E-state index in [2.05, 4.69) is 20.2 Å². The summed E-state index contributed by atoms with van der Waals surface area (Å²) in [5.41, 5.74) is 2.22. The average molecular weight is 484 g/mol. The topological polar surface area (TPSA) is 53.7 Å². The van der Waals surface area contributed by atoms with E-state index >= 15 is 0 Å². The maximum absolute atomic E-state index is 13.0. The Morgan fingerprint density at radius 2 is 2.07 bits per heavy atom. The molecule has 4 rings (SSSR count). The summed E-state index contributed by atoms with van der Waals surface area (Å²) in [6.45, 7) is 2.98. The van der Waals surface area contributed by atoms with Gasteiger partial charge in [0.1, 0.15) is 12.1 Å². The molecule has 2 aromatic rings. The van der Waals surface area contributed by atoms with Crippen molar-refractivity contribution in [3.8, 4) is 11.5 Å². The summed E-state index contributed by atoms with van der Waals surface area (Å²) in [6.07, 6.45) is 7.82. The fraction of sp³-hybridized carbons (Fsp3) is 0.500. The molecule has 7 heteroatoms. The molecule has 0 atom stereocenters. The van der Waals surface area contributed by atoms with E-state index in [0.717, 1.165) is 43.3 Å². The summed E-state index contributed by atoms with van der Waals surface area (Å²) in [5, 5.41) is 3.45. The number of oxazole rings is 1. The highest BCUT2D eigenvalue weighted by Gasteiger charge is 2.43. The van der Waals surface area contributed by atoms with Crippen LogP contribution in [-0.4, -0.2) is 42.5 Å². The van der Waals surface area contributed by atoms with Crippen LogP contribution in [0.5, 0.6) is 0 Å². The Balaban J connectivity index is 0.00000210. The molecule has 2 heterocycles. The first-order valence-electron chi connectivity index (χ1n) is 9.33. The summed E-state index contributed by atoms with van der Waals surface area (Å²) < 4.78 is 18.5. The van der Waals surface area contributed by atoms with Gasteiger partial charge in [0.05, 0.1) is 5.69 Å². The Bertz CT molecular complexity index is 786. The number of likely N-dealkylation sites (tertiary alicyclic amines) is 1. The predicted molar refractivity (Wildman–Crippen MR) is 115 cm³/mol. The van der Waals surface area contributed by atoms with Crippen LogP contribution < -0.4 is 5.32 Å². The van der Waals surface area contributed by atoms with Crippen molar-refractivity contribution < 1.29 is 8.81 Å². The lowest BCUT2D eigenvalue weighted by atomic mass is 9.68. The number of nitrogens with one attached hydrogen (secondary N) is 1. The summed E-state index contributed by atoms with van der Waals surface area (Å²) in [4.78, 5) is 11.3. The molecule has 0 amide bonds. The van der Waals surface area contributed by atoms with Gasteiger partial charge in [-0.25, -0.2) is 9.37 Å². The zero-order chi connectivity index (χ0) is 18.0. The first-order chi connectivity index (χ1) is 12.7. The molecule has 5 nitrogen and oxygen atoms in total. The quantitative estimate of drug-likeness (QED) is 0.404. The van der Waals surface area contributed by atoms with Gasteiger partial charge in [0.2, 0.25) is 5.89 Å². The number of nitrogens with zero attached hydrogens (tertiary/aromatic N) is 3. The van der Waals surface area contributed by atoms with Crippen LogP contribution in [0.1, 0.15) is 31.4 Å².